The number of Topliss-reactive ketones (excluding diaryl/α,β-unsaturated/α-hetero) is 1. The van der Waals surface area contributed by atoms with Crippen molar-refractivity contribution in [1.29, 1.82) is 0 Å². The highest BCUT2D eigenvalue weighted by Crippen LogP contribution is 2.09. The van der Waals surface area contributed by atoms with E-state index in [9.17, 15) is 4.79 Å². The highest BCUT2D eigenvalue weighted by molar-refractivity contribution is 5.85. The summed E-state index contributed by atoms with van der Waals surface area (Å²) in [5, 5.41) is 4.37. The van der Waals surface area contributed by atoms with Gasteiger partial charge in [-0.05, 0) is 17.5 Å². The third kappa shape index (κ3) is 4.21. The first-order valence-corrected chi connectivity index (χ1v) is 5.61. The van der Waals surface area contributed by atoms with Gasteiger partial charge >= 0.3 is 0 Å². The Labute approximate surface area is 107 Å². The molecule has 3 nitrogen and oxygen atoms in total. The van der Waals surface area contributed by atoms with Crippen molar-refractivity contribution in [2.75, 3.05) is 13.1 Å². The second-order valence-electron chi connectivity index (χ2n) is 3.85. The number of ketones is 1. The van der Waals surface area contributed by atoms with Crippen molar-refractivity contribution >= 4 is 29.1 Å². The number of hydrogen-bond donors (Lipinski definition) is 2. The fourth-order valence-corrected chi connectivity index (χ4v) is 1.70. The smallest absolute Gasteiger partial charge is 0.135 e. The number of nitrogens with one attached hydrogen (secondary N) is 2. The molecule has 1 fully saturated rings. The minimum atomic E-state index is 0. The Kier molecular flexibility index (Phi) is 5.73. The standard InChI is InChI=1S/C8H7N.C5H9NO.ClH/c1-2-4-8-7(3-1)5-6-9-8;7-5-1-3-6-4-2-5;/h1-6,9H;6H,1-4H2;1H. The molecular formula is C13H17ClN2O. The van der Waals surface area contributed by atoms with E-state index in [1.807, 2.05) is 18.3 Å². The highest BCUT2D eigenvalue weighted by Gasteiger charge is 2.04. The molecule has 0 aliphatic carbocycles. The van der Waals surface area contributed by atoms with E-state index in [2.05, 4.69) is 28.5 Å². The van der Waals surface area contributed by atoms with Gasteiger partial charge in [0.05, 0.1) is 0 Å². The number of fused-ring (bicyclic) bond motifs is 1. The maximum atomic E-state index is 10.4. The van der Waals surface area contributed by atoms with Crippen LogP contribution in [0.25, 0.3) is 10.9 Å². The topological polar surface area (TPSA) is 44.9 Å². The van der Waals surface area contributed by atoms with Crippen molar-refractivity contribution in [1.82, 2.24) is 10.3 Å². The van der Waals surface area contributed by atoms with E-state index in [-0.39, 0.29) is 12.4 Å². The van der Waals surface area contributed by atoms with Gasteiger partial charge in [0.15, 0.2) is 0 Å². The van der Waals surface area contributed by atoms with Gasteiger partial charge in [-0.2, -0.15) is 0 Å². The predicted molar refractivity (Wildman–Crippen MR) is 72.7 cm³/mol. The lowest BCUT2D eigenvalue weighted by Crippen LogP contribution is -2.27. The van der Waals surface area contributed by atoms with E-state index < -0.39 is 0 Å². The zero-order valence-corrected chi connectivity index (χ0v) is 10.4. The first-order valence-electron chi connectivity index (χ1n) is 5.61. The van der Waals surface area contributed by atoms with Crippen LogP contribution in [0, 0.1) is 0 Å². The summed E-state index contributed by atoms with van der Waals surface area (Å²) < 4.78 is 0. The largest absolute Gasteiger partial charge is 0.361 e. The van der Waals surface area contributed by atoms with Crippen LogP contribution < -0.4 is 5.32 Å². The molecule has 0 spiro atoms. The Morgan fingerprint density at radius 2 is 1.71 bits per heavy atom. The molecule has 0 radical (unpaired) electrons. The molecule has 2 aromatic rings. The minimum Gasteiger partial charge on any atom is -0.361 e. The van der Waals surface area contributed by atoms with Crippen molar-refractivity contribution in [3.05, 3.63) is 36.5 Å². The average Bonchev–Trinajstić information content (AvgIpc) is 2.79. The lowest BCUT2D eigenvalue weighted by atomic mass is 10.1. The van der Waals surface area contributed by atoms with Crippen LogP contribution >= 0.6 is 12.4 Å². The number of benzene rings is 1. The number of aromatic nitrogens is 1. The molecule has 3 rings (SSSR count). The molecule has 2 N–H and O–H groups in total. The normalized spacial score (nSPS) is 14.7. The minimum absolute atomic E-state index is 0. The summed E-state index contributed by atoms with van der Waals surface area (Å²) in [7, 11) is 0. The van der Waals surface area contributed by atoms with Gasteiger partial charge in [0.2, 0.25) is 0 Å². The Bertz CT molecular complexity index is 429. The highest BCUT2D eigenvalue weighted by atomic mass is 35.5. The molecule has 0 amide bonds. The number of carbonyl (C=O) groups excluding carboxylic acids is 1. The molecule has 2 heterocycles. The van der Waals surface area contributed by atoms with Gasteiger partial charge in [-0.3, -0.25) is 4.79 Å². The van der Waals surface area contributed by atoms with Gasteiger partial charge in [0, 0.05) is 37.6 Å². The lowest BCUT2D eigenvalue weighted by Gasteiger charge is -2.08. The molecule has 1 saturated heterocycles. The van der Waals surface area contributed by atoms with E-state index in [0.29, 0.717) is 5.78 Å². The summed E-state index contributed by atoms with van der Waals surface area (Å²) in [6, 6.07) is 10.3. The monoisotopic (exact) mass is 252 g/mol. The van der Waals surface area contributed by atoms with Gasteiger partial charge in [-0.15, -0.1) is 12.4 Å². The molecule has 0 bridgehead atoms. The Balaban J connectivity index is 0.000000166. The summed E-state index contributed by atoms with van der Waals surface area (Å²) in [4.78, 5) is 13.5. The quantitative estimate of drug-likeness (QED) is 0.757. The predicted octanol–water partition coefficient (Wildman–Crippen LogP) is 2.53. The van der Waals surface area contributed by atoms with Crippen LogP contribution in [0.3, 0.4) is 0 Å². The van der Waals surface area contributed by atoms with E-state index in [1.165, 1.54) is 10.9 Å². The molecular weight excluding hydrogens is 236 g/mol. The number of halogens is 1. The van der Waals surface area contributed by atoms with Crippen LogP contribution in [-0.4, -0.2) is 23.9 Å². The summed E-state index contributed by atoms with van der Waals surface area (Å²) in [5.74, 6) is 0.402. The van der Waals surface area contributed by atoms with Crippen molar-refractivity contribution < 1.29 is 4.79 Å². The number of aromatic amines is 1. The number of carbonyl (C=O) groups is 1. The SMILES string of the molecule is Cl.O=C1CCNCC1.c1ccc2[nH]ccc2c1. The van der Waals surface area contributed by atoms with Crippen LogP contribution in [0.4, 0.5) is 0 Å². The van der Waals surface area contributed by atoms with Crippen LogP contribution in [0.2, 0.25) is 0 Å². The summed E-state index contributed by atoms with van der Waals surface area (Å²) in [6.45, 7) is 1.78. The first-order chi connectivity index (χ1) is 7.86. The van der Waals surface area contributed by atoms with Crippen molar-refractivity contribution in [2.45, 2.75) is 12.8 Å². The van der Waals surface area contributed by atoms with E-state index in [1.54, 1.807) is 0 Å². The summed E-state index contributed by atoms with van der Waals surface area (Å²) in [6.07, 6.45) is 3.42. The van der Waals surface area contributed by atoms with Crippen LogP contribution in [0.15, 0.2) is 36.5 Å². The van der Waals surface area contributed by atoms with E-state index >= 15 is 0 Å². The van der Waals surface area contributed by atoms with E-state index in [4.69, 9.17) is 0 Å². The fourth-order valence-electron chi connectivity index (χ4n) is 1.70. The fraction of sp³-hybridized carbons (Fsp3) is 0.308. The number of hydrogen-bond acceptors (Lipinski definition) is 2. The number of H-pyrrole nitrogens is 1. The summed E-state index contributed by atoms with van der Waals surface area (Å²) in [5.41, 5.74) is 1.21. The molecule has 0 unspecified atom stereocenters. The van der Waals surface area contributed by atoms with Gasteiger partial charge in [0.1, 0.15) is 5.78 Å². The summed E-state index contributed by atoms with van der Waals surface area (Å²) >= 11 is 0. The molecule has 1 aromatic heterocycles. The Hall–Kier alpha value is -1.32. The first kappa shape index (κ1) is 13.7. The van der Waals surface area contributed by atoms with E-state index in [0.717, 1.165) is 25.9 Å². The van der Waals surface area contributed by atoms with Crippen molar-refractivity contribution in [2.24, 2.45) is 0 Å². The molecule has 17 heavy (non-hydrogen) atoms. The van der Waals surface area contributed by atoms with Gasteiger partial charge in [-0.1, -0.05) is 18.2 Å². The van der Waals surface area contributed by atoms with Crippen LogP contribution in [0.1, 0.15) is 12.8 Å². The zero-order valence-electron chi connectivity index (χ0n) is 9.61. The Morgan fingerprint density at radius 1 is 1.00 bits per heavy atom. The van der Waals surface area contributed by atoms with Crippen LogP contribution in [0.5, 0.6) is 0 Å². The maximum absolute atomic E-state index is 10.4. The molecule has 0 saturated carbocycles. The number of piperidine rings is 1. The molecule has 1 aliphatic rings. The molecule has 1 aliphatic heterocycles. The van der Waals surface area contributed by atoms with Gasteiger partial charge in [0.25, 0.3) is 0 Å². The number of para-hydroxylation sites is 1. The average molecular weight is 253 g/mol. The third-order valence-corrected chi connectivity index (χ3v) is 2.62. The van der Waals surface area contributed by atoms with Gasteiger partial charge < -0.3 is 10.3 Å². The molecule has 92 valence electrons. The van der Waals surface area contributed by atoms with Crippen molar-refractivity contribution in [3.63, 3.8) is 0 Å². The molecule has 0 atom stereocenters. The maximum Gasteiger partial charge on any atom is 0.135 e. The van der Waals surface area contributed by atoms with Gasteiger partial charge in [-0.25, -0.2) is 0 Å². The lowest BCUT2D eigenvalue weighted by molar-refractivity contribution is -0.119. The molecule has 1 aromatic carbocycles. The zero-order chi connectivity index (χ0) is 11.2. The third-order valence-electron chi connectivity index (χ3n) is 2.62. The van der Waals surface area contributed by atoms with Crippen LogP contribution in [-0.2, 0) is 4.79 Å². The van der Waals surface area contributed by atoms with Crippen molar-refractivity contribution in [3.8, 4) is 0 Å². The second-order valence-corrected chi connectivity index (χ2v) is 3.85. The molecule has 4 heteroatoms. The second kappa shape index (κ2) is 7.09. The Morgan fingerprint density at radius 3 is 2.29 bits per heavy atom. The number of rotatable bonds is 0.